The molecule has 1 N–H and O–H groups in total. The Morgan fingerprint density at radius 2 is 1.80 bits per heavy atom. The maximum atomic E-state index is 14.8. The number of halogens is 4. The van der Waals surface area contributed by atoms with Crippen LogP contribution < -0.4 is 5.32 Å². The number of amides is 1. The van der Waals surface area contributed by atoms with E-state index in [2.05, 4.69) is 25.3 Å². The molecule has 3 heterocycles. The SMILES string of the molecule is Cn1cnc(Cc2ncc(-c3cc(F)c(CC(=O)Nc4cc(C(C)(F)F)ccn4)cc3F)cn2)c1. The van der Waals surface area contributed by atoms with Gasteiger partial charge in [-0.15, -0.1) is 0 Å². The van der Waals surface area contributed by atoms with Crippen LogP contribution in [-0.2, 0) is 30.6 Å². The number of nitrogens with zero attached hydrogens (tertiary/aromatic N) is 5. The molecular weight excluding hydrogens is 464 g/mol. The van der Waals surface area contributed by atoms with Gasteiger partial charge in [-0.3, -0.25) is 4.79 Å². The molecule has 0 atom stereocenters. The van der Waals surface area contributed by atoms with Crippen molar-refractivity contribution in [3.8, 4) is 11.1 Å². The summed E-state index contributed by atoms with van der Waals surface area (Å²) in [5.74, 6) is -5.07. The molecule has 11 heteroatoms. The van der Waals surface area contributed by atoms with Crippen LogP contribution >= 0.6 is 0 Å². The first-order valence-electron chi connectivity index (χ1n) is 10.5. The lowest BCUT2D eigenvalue weighted by molar-refractivity contribution is -0.115. The zero-order valence-corrected chi connectivity index (χ0v) is 18.8. The van der Waals surface area contributed by atoms with Gasteiger partial charge < -0.3 is 9.88 Å². The molecule has 4 aromatic rings. The van der Waals surface area contributed by atoms with Crippen LogP contribution in [0.2, 0.25) is 0 Å². The third-order valence-electron chi connectivity index (χ3n) is 5.14. The minimum absolute atomic E-state index is 0.0596. The number of carbonyl (C=O) groups is 1. The molecule has 0 saturated carbocycles. The molecule has 0 saturated heterocycles. The molecule has 3 aromatic heterocycles. The van der Waals surface area contributed by atoms with Gasteiger partial charge in [-0.05, 0) is 24.3 Å². The van der Waals surface area contributed by atoms with E-state index < -0.39 is 29.9 Å². The molecule has 0 aliphatic heterocycles. The van der Waals surface area contributed by atoms with Gasteiger partial charge in [-0.25, -0.2) is 37.5 Å². The topological polar surface area (TPSA) is 85.6 Å². The molecule has 1 aromatic carbocycles. The van der Waals surface area contributed by atoms with Gasteiger partial charge in [0.2, 0.25) is 5.91 Å². The Kier molecular flexibility index (Phi) is 6.59. The Morgan fingerprint density at radius 1 is 1.06 bits per heavy atom. The van der Waals surface area contributed by atoms with E-state index in [9.17, 15) is 22.4 Å². The number of anilines is 1. The normalized spacial score (nSPS) is 11.5. The molecule has 0 spiro atoms. The highest BCUT2D eigenvalue weighted by molar-refractivity contribution is 5.91. The van der Waals surface area contributed by atoms with Gasteiger partial charge in [0.15, 0.2) is 0 Å². The average Bonchev–Trinajstić information content (AvgIpc) is 3.20. The van der Waals surface area contributed by atoms with E-state index in [0.717, 1.165) is 36.2 Å². The number of alkyl halides is 2. The predicted octanol–water partition coefficient (Wildman–Crippen LogP) is 4.43. The summed E-state index contributed by atoms with van der Waals surface area (Å²) in [6, 6.07) is 4.02. The molecule has 180 valence electrons. The molecule has 35 heavy (non-hydrogen) atoms. The molecule has 0 aliphatic carbocycles. The molecule has 7 nitrogen and oxygen atoms in total. The highest BCUT2D eigenvalue weighted by atomic mass is 19.3. The van der Waals surface area contributed by atoms with Crippen LogP contribution in [0.5, 0.6) is 0 Å². The van der Waals surface area contributed by atoms with E-state index in [1.807, 2.05) is 13.2 Å². The van der Waals surface area contributed by atoms with Crippen molar-refractivity contribution in [2.24, 2.45) is 7.05 Å². The summed E-state index contributed by atoms with van der Waals surface area (Å²) in [5.41, 5.74) is 0.441. The van der Waals surface area contributed by atoms with E-state index in [-0.39, 0.29) is 28.1 Å². The van der Waals surface area contributed by atoms with E-state index in [1.54, 1.807) is 10.9 Å². The summed E-state index contributed by atoms with van der Waals surface area (Å²) in [4.78, 5) is 28.7. The molecular formula is C24H20F4N6O. The number of imidazole rings is 1. The lowest BCUT2D eigenvalue weighted by atomic mass is 10.0. The standard InChI is InChI=1S/C24H20F4N6O/c1-24(27,28)16-3-4-29-22(7-16)33-23(35)6-14-5-20(26)18(9-19(14)25)15-10-30-21(31-11-15)8-17-12-34(2)13-32-17/h3-5,7,9-13H,6,8H2,1-2H3,(H,29,33,35). The Labute approximate surface area is 197 Å². The maximum absolute atomic E-state index is 14.8. The Morgan fingerprint density at radius 3 is 2.46 bits per heavy atom. The Bertz CT molecular complexity index is 1370. The van der Waals surface area contributed by atoms with Crippen LogP contribution in [0.15, 0.2) is 55.4 Å². The number of hydrogen-bond donors (Lipinski definition) is 1. The molecule has 1 amide bonds. The average molecular weight is 484 g/mol. The molecule has 4 rings (SSSR count). The van der Waals surface area contributed by atoms with Crippen molar-refractivity contribution < 1.29 is 22.4 Å². The minimum atomic E-state index is -3.12. The fourth-order valence-electron chi connectivity index (χ4n) is 3.38. The summed E-state index contributed by atoms with van der Waals surface area (Å²) in [7, 11) is 1.84. The number of rotatable bonds is 7. The summed E-state index contributed by atoms with van der Waals surface area (Å²) < 4.78 is 58.2. The zero-order chi connectivity index (χ0) is 25.2. The number of pyridine rings is 1. The third-order valence-corrected chi connectivity index (χ3v) is 5.14. The monoisotopic (exact) mass is 484 g/mol. The van der Waals surface area contributed by atoms with Crippen LogP contribution in [0, 0.1) is 11.6 Å². The van der Waals surface area contributed by atoms with Crippen LogP contribution in [0.25, 0.3) is 11.1 Å². The number of hydrogen-bond acceptors (Lipinski definition) is 5. The summed E-state index contributed by atoms with van der Waals surface area (Å²) >= 11 is 0. The number of nitrogens with one attached hydrogen (secondary N) is 1. The van der Waals surface area contributed by atoms with Crippen molar-refractivity contribution in [2.75, 3.05) is 5.32 Å². The molecule has 0 aliphatic rings. The van der Waals surface area contributed by atoms with E-state index in [0.29, 0.717) is 19.2 Å². The van der Waals surface area contributed by atoms with E-state index in [4.69, 9.17) is 0 Å². The van der Waals surface area contributed by atoms with Crippen LogP contribution in [0.1, 0.15) is 29.6 Å². The van der Waals surface area contributed by atoms with Crippen molar-refractivity contribution >= 4 is 11.7 Å². The van der Waals surface area contributed by atoms with Gasteiger partial charge in [0.1, 0.15) is 23.3 Å². The Hall–Kier alpha value is -4.15. The first-order chi connectivity index (χ1) is 16.6. The second-order valence-electron chi connectivity index (χ2n) is 8.06. The van der Waals surface area contributed by atoms with Gasteiger partial charge in [-0.2, -0.15) is 0 Å². The molecule has 0 unspecified atom stereocenters. The number of aryl methyl sites for hydroxylation is 1. The lowest BCUT2D eigenvalue weighted by Gasteiger charge is -2.12. The highest BCUT2D eigenvalue weighted by Gasteiger charge is 2.25. The second-order valence-corrected chi connectivity index (χ2v) is 8.06. The second kappa shape index (κ2) is 9.61. The van der Waals surface area contributed by atoms with Gasteiger partial charge >= 0.3 is 0 Å². The van der Waals surface area contributed by atoms with Crippen molar-refractivity contribution in [2.45, 2.75) is 25.7 Å². The summed E-state index contributed by atoms with van der Waals surface area (Å²) in [5, 5.41) is 2.32. The Balaban J connectivity index is 1.46. The van der Waals surface area contributed by atoms with Gasteiger partial charge in [0.05, 0.1) is 24.9 Å². The summed E-state index contributed by atoms with van der Waals surface area (Å²) in [6.45, 7) is 0.715. The number of benzene rings is 1. The maximum Gasteiger partial charge on any atom is 0.270 e. The van der Waals surface area contributed by atoms with Gasteiger partial charge in [0, 0.05) is 61.0 Å². The quantitative estimate of drug-likeness (QED) is 0.392. The highest BCUT2D eigenvalue weighted by Crippen LogP contribution is 2.28. The van der Waals surface area contributed by atoms with Gasteiger partial charge in [0.25, 0.3) is 5.92 Å². The van der Waals surface area contributed by atoms with Crippen LogP contribution in [0.4, 0.5) is 23.4 Å². The third kappa shape index (κ3) is 5.86. The molecule has 0 fully saturated rings. The first-order valence-corrected chi connectivity index (χ1v) is 10.5. The van der Waals surface area contributed by atoms with E-state index >= 15 is 0 Å². The van der Waals surface area contributed by atoms with Gasteiger partial charge in [-0.1, -0.05) is 0 Å². The fourth-order valence-corrected chi connectivity index (χ4v) is 3.38. The van der Waals surface area contributed by atoms with Crippen LogP contribution in [0.3, 0.4) is 0 Å². The predicted molar refractivity (Wildman–Crippen MR) is 120 cm³/mol. The lowest BCUT2D eigenvalue weighted by Crippen LogP contribution is -2.17. The fraction of sp³-hybridized carbons (Fsp3) is 0.208. The summed E-state index contributed by atoms with van der Waals surface area (Å²) in [6.07, 6.45) is 7.25. The zero-order valence-electron chi connectivity index (χ0n) is 18.8. The van der Waals surface area contributed by atoms with Crippen LogP contribution in [-0.4, -0.2) is 30.4 Å². The minimum Gasteiger partial charge on any atom is -0.340 e. The first kappa shape index (κ1) is 24.0. The molecule has 0 radical (unpaired) electrons. The van der Waals surface area contributed by atoms with Crippen molar-refractivity contribution in [3.63, 3.8) is 0 Å². The largest absolute Gasteiger partial charge is 0.340 e. The number of aromatic nitrogens is 5. The molecule has 0 bridgehead atoms. The van der Waals surface area contributed by atoms with Crippen molar-refractivity contribution in [3.05, 3.63) is 89.7 Å². The van der Waals surface area contributed by atoms with Crippen molar-refractivity contribution in [1.82, 2.24) is 24.5 Å². The van der Waals surface area contributed by atoms with E-state index in [1.165, 1.54) is 12.4 Å². The van der Waals surface area contributed by atoms with Crippen molar-refractivity contribution in [1.29, 1.82) is 0 Å². The number of carbonyl (C=O) groups excluding carboxylic acids is 1. The smallest absolute Gasteiger partial charge is 0.270 e.